The fraction of sp³-hybridized carbons (Fsp3) is 0.333. The van der Waals surface area contributed by atoms with Crippen LogP contribution in [0.25, 0.3) is 0 Å². The van der Waals surface area contributed by atoms with Gasteiger partial charge in [0.1, 0.15) is 12.4 Å². The zero-order valence-electron chi connectivity index (χ0n) is 11.7. The lowest BCUT2D eigenvalue weighted by atomic mass is 9.97. The van der Waals surface area contributed by atoms with Gasteiger partial charge in [0.2, 0.25) is 13.1 Å². The van der Waals surface area contributed by atoms with Gasteiger partial charge < -0.3 is 17.1 Å². The normalized spacial score (nSPS) is 11.5. The summed E-state index contributed by atoms with van der Waals surface area (Å²) < 4.78 is 9.09. The first-order valence-electron chi connectivity index (χ1n) is 6.43. The second kappa shape index (κ2) is 7.70. The number of imidazole rings is 1. The Morgan fingerprint density at radius 3 is 2.60 bits per heavy atom. The van der Waals surface area contributed by atoms with Crippen LogP contribution in [0.2, 0.25) is 0 Å². The summed E-state index contributed by atoms with van der Waals surface area (Å²) in [6.45, 7) is 2.25. The molecule has 1 aromatic carbocycles. The van der Waals surface area contributed by atoms with E-state index in [0.29, 0.717) is 0 Å². The lowest BCUT2D eigenvalue weighted by Crippen LogP contribution is -3.00. The molecule has 2 aromatic rings. The number of aromatic nitrogens is 2. The number of carbonyl (C=O) groups is 1. The third kappa shape index (κ3) is 4.10. The van der Waals surface area contributed by atoms with Gasteiger partial charge in [0, 0.05) is 0 Å². The van der Waals surface area contributed by atoms with E-state index in [0.717, 1.165) is 12.0 Å². The highest BCUT2D eigenvalue weighted by molar-refractivity contribution is 5.77. The van der Waals surface area contributed by atoms with Gasteiger partial charge in [-0.2, -0.15) is 0 Å². The lowest BCUT2D eigenvalue weighted by Gasteiger charge is -2.13. The van der Waals surface area contributed by atoms with Crippen molar-refractivity contribution in [1.82, 2.24) is 4.57 Å². The molecule has 2 rings (SSSR count). The Hall–Kier alpha value is -1.81. The van der Waals surface area contributed by atoms with Gasteiger partial charge in [0.05, 0.1) is 13.0 Å². The highest BCUT2D eigenvalue weighted by Gasteiger charge is 2.20. The van der Waals surface area contributed by atoms with Crippen molar-refractivity contribution in [3.05, 3.63) is 54.6 Å². The number of benzene rings is 1. The Morgan fingerprint density at radius 2 is 2.05 bits per heavy atom. The van der Waals surface area contributed by atoms with Crippen LogP contribution in [-0.2, 0) is 23.3 Å². The monoisotopic (exact) mass is 294 g/mol. The molecule has 1 aromatic heterocycles. The summed E-state index contributed by atoms with van der Waals surface area (Å²) in [4.78, 5) is 12.1. The van der Waals surface area contributed by atoms with Gasteiger partial charge in [-0.1, -0.05) is 37.3 Å². The predicted molar refractivity (Wildman–Crippen MR) is 71.2 cm³/mol. The Labute approximate surface area is 125 Å². The Balaban J connectivity index is 0.00000200. The van der Waals surface area contributed by atoms with Crippen molar-refractivity contribution in [1.29, 1.82) is 0 Å². The van der Waals surface area contributed by atoms with E-state index in [9.17, 15) is 4.79 Å². The van der Waals surface area contributed by atoms with Gasteiger partial charge in [0.25, 0.3) is 0 Å². The number of halogens is 1. The summed E-state index contributed by atoms with van der Waals surface area (Å²) in [5, 5.41) is 0. The molecule has 0 saturated heterocycles. The Bertz CT molecular complexity index is 540. The van der Waals surface area contributed by atoms with Crippen LogP contribution in [0.4, 0.5) is 0 Å². The molecule has 20 heavy (non-hydrogen) atoms. The minimum absolute atomic E-state index is 0. The SMILES string of the molecule is CCC(C(=O)OCn1cc[n+](C)c1)c1ccccc1.[Cl-]. The molecule has 5 heteroatoms. The van der Waals surface area contributed by atoms with Gasteiger partial charge >= 0.3 is 5.97 Å². The molecule has 1 unspecified atom stereocenters. The van der Waals surface area contributed by atoms with Crippen molar-refractivity contribution in [2.24, 2.45) is 7.05 Å². The number of hydrogen-bond acceptors (Lipinski definition) is 2. The van der Waals surface area contributed by atoms with Crippen LogP contribution in [0.3, 0.4) is 0 Å². The number of hydrogen-bond donors (Lipinski definition) is 0. The minimum Gasteiger partial charge on any atom is -1.00 e. The zero-order chi connectivity index (χ0) is 13.7. The van der Waals surface area contributed by atoms with Crippen LogP contribution in [0.15, 0.2) is 49.1 Å². The van der Waals surface area contributed by atoms with Crippen molar-refractivity contribution >= 4 is 5.97 Å². The van der Waals surface area contributed by atoms with E-state index < -0.39 is 0 Å². The summed E-state index contributed by atoms with van der Waals surface area (Å²) in [6, 6.07) is 9.76. The fourth-order valence-corrected chi connectivity index (χ4v) is 2.04. The molecule has 1 atom stereocenters. The molecular weight excluding hydrogens is 276 g/mol. The van der Waals surface area contributed by atoms with Gasteiger partial charge in [-0.15, -0.1) is 0 Å². The van der Waals surface area contributed by atoms with Gasteiger partial charge in [-0.25, -0.2) is 9.13 Å². The lowest BCUT2D eigenvalue weighted by molar-refractivity contribution is -0.671. The van der Waals surface area contributed by atoms with Gasteiger partial charge in [-0.3, -0.25) is 4.79 Å². The van der Waals surface area contributed by atoms with Crippen LogP contribution in [0, 0.1) is 0 Å². The standard InChI is InChI=1S/C15H19N2O2.ClH/c1-3-14(13-7-5-4-6-8-13)15(18)19-12-17-10-9-16(2)11-17;/h4-11,14H,3,12H2,1-2H3;1H/q+1;/p-1. The fourth-order valence-electron chi connectivity index (χ4n) is 2.04. The van der Waals surface area contributed by atoms with Crippen molar-refractivity contribution in [2.45, 2.75) is 26.0 Å². The molecule has 0 spiro atoms. The number of ether oxygens (including phenoxy) is 1. The smallest absolute Gasteiger partial charge is 0.316 e. The highest BCUT2D eigenvalue weighted by Crippen LogP contribution is 2.20. The van der Waals surface area contributed by atoms with E-state index >= 15 is 0 Å². The third-order valence-corrected chi connectivity index (χ3v) is 3.07. The molecule has 108 valence electrons. The minimum atomic E-state index is -0.189. The summed E-state index contributed by atoms with van der Waals surface area (Å²) >= 11 is 0. The van der Waals surface area contributed by atoms with Crippen LogP contribution in [0.5, 0.6) is 0 Å². The molecule has 0 N–H and O–H groups in total. The quantitative estimate of drug-likeness (QED) is 0.524. The van der Waals surface area contributed by atoms with Gasteiger partial charge in [-0.05, 0) is 12.0 Å². The van der Waals surface area contributed by atoms with Crippen molar-refractivity contribution in [2.75, 3.05) is 0 Å². The second-order valence-corrected chi connectivity index (χ2v) is 4.56. The van der Waals surface area contributed by atoms with E-state index in [1.54, 1.807) is 0 Å². The van der Waals surface area contributed by atoms with Crippen molar-refractivity contribution < 1.29 is 26.5 Å². The number of rotatable bonds is 5. The summed E-state index contributed by atoms with van der Waals surface area (Å²) in [5.41, 5.74) is 1.01. The molecule has 0 bridgehead atoms. The maximum atomic E-state index is 12.1. The van der Waals surface area contributed by atoms with Gasteiger partial charge in [0.15, 0.2) is 0 Å². The zero-order valence-corrected chi connectivity index (χ0v) is 12.5. The van der Waals surface area contributed by atoms with E-state index in [-0.39, 0.29) is 31.0 Å². The Kier molecular flexibility index (Phi) is 6.25. The van der Waals surface area contributed by atoms with E-state index in [1.165, 1.54) is 0 Å². The molecular formula is C15H19ClN2O2. The van der Waals surface area contributed by atoms with Crippen LogP contribution >= 0.6 is 0 Å². The molecule has 0 aliphatic rings. The van der Waals surface area contributed by atoms with Crippen LogP contribution in [0.1, 0.15) is 24.8 Å². The van der Waals surface area contributed by atoms with E-state index in [1.807, 2.05) is 72.2 Å². The first-order chi connectivity index (χ1) is 9.20. The van der Waals surface area contributed by atoms with E-state index in [2.05, 4.69) is 0 Å². The topological polar surface area (TPSA) is 35.1 Å². The molecule has 0 aliphatic carbocycles. The number of carbonyl (C=O) groups excluding carboxylic acids is 1. The molecule has 0 fully saturated rings. The maximum Gasteiger partial charge on any atom is 0.316 e. The number of nitrogens with zero attached hydrogens (tertiary/aromatic N) is 2. The second-order valence-electron chi connectivity index (χ2n) is 4.56. The van der Waals surface area contributed by atoms with Crippen molar-refractivity contribution in [3.63, 3.8) is 0 Å². The van der Waals surface area contributed by atoms with Crippen LogP contribution < -0.4 is 17.0 Å². The van der Waals surface area contributed by atoms with E-state index in [4.69, 9.17) is 4.74 Å². The predicted octanol–water partition coefficient (Wildman–Crippen LogP) is -0.989. The maximum absolute atomic E-state index is 12.1. The number of aryl methyl sites for hydroxylation is 1. The average Bonchev–Trinajstić information content (AvgIpc) is 2.84. The highest BCUT2D eigenvalue weighted by atomic mass is 35.5. The molecule has 1 heterocycles. The molecule has 0 radical (unpaired) electrons. The molecule has 4 nitrogen and oxygen atoms in total. The Morgan fingerprint density at radius 1 is 1.35 bits per heavy atom. The van der Waals surface area contributed by atoms with Crippen LogP contribution in [-0.4, -0.2) is 10.5 Å². The molecule has 0 amide bonds. The van der Waals surface area contributed by atoms with Crippen molar-refractivity contribution in [3.8, 4) is 0 Å². The summed E-state index contributed by atoms with van der Waals surface area (Å²) in [7, 11) is 1.93. The summed E-state index contributed by atoms with van der Waals surface area (Å²) in [6.07, 6.45) is 6.39. The summed E-state index contributed by atoms with van der Waals surface area (Å²) in [5.74, 6) is -0.365. The first kappa shape index (κ1) is 16.2. The number of esters is 1. The average molecular weight is 295 g/mol. The molecule has 0 saturated carbocycles. The molecule has 0 aliphatic heterocycles. The largest absolute Gasteiger partial charge is 1.00 e. The first-order valence-corrected chi connectivity index (χ1v) is 6.43. The third-order valence-electron chi connectivity index (χ3n) is 3.07.